The Kier molecular flexibility index (Phi) is 4.65. The van der Waals surface area contributed by atoms with E-state index in [0.29, 0.717) is 24.6 Å². The van der Waals surface area contributed by atoms with Gasteiger partial charge in [-0.05, 0) is 42.7 Å². The quantitative estimate of drug-likeness (QED) is 0.775. The monoisotopic (exact) mass is 321 g/mol. The van der Waals surface area contributed by atoms with Gasteiger partial charge in [-0.3, -0.25) is 4.79 Å². The molecule has 0 atom stereocenters. The van der Waals surface area contributed by atoms with Gasteiger partial charge in [0.05, 0.1) is 11.0 Å². The maximum absolute atomic E-state index is 12.3. The molecule has 4 nitrogen and oxygen atoms in total. The highest BCUT2D eigenvalue weighted by Gasteiger charge is 2.09. The number of hydrogen-bond acceptors (Lipinski definition) is 2. The van der Waals surface area contributed by atoms with E-state index in [9.17, 15) is 4.79 Å². The number of nitrogens with one attached hydrogen (secondary N) is 1. The van der Waals surface area contributed by atoms with E-state index in [-0.39, 0.29) is 5.91 Å². The van der Waals surface area contributed by atoms with Gasteiger partial charge in [0.25, 0.3) is 5.91 Å². The molecule has 0 saturated heterocycles. The van der Waals surface area contributed by atoms with Gasteiger partial charge in [-0.15, -0.1) is 0 Å². The second kappa shape index (κ2) is 6.87. The average molecular weight is 321 g/mol. The van der Waals surface area contributed by atoms with E-state index < -0.39 is 0 Å². The van der Waals surface area contributed by atoms with Gasteiger partial charge in [-0.1, -0.05) is 38.1 Å². The number of amides is 1. The Morgan fingerprint density at radius 3 is 2.54 bits per heavy atom. The summed E-state index contributed by atoms with van der Waals surface area (Å²) in [6.07, 6.45) is 0. The largest absolute Gasteiger partial charge is 0.350 e. The molecule has 0 saturated carbocycles. The molecule has 1 aromatic heterocycles. The fourth-order valence-electron chi connectivity index (χ4n) is 2.88. The third-order valence-corrected chi connectivity index (χ3v) is 4.31. The number of hydrogen-bond donors (Lipinski definition) is 1. The molecule has 0 aliphatic rings. The Hall–Kier alpha value is -2.62. The summed E-state index contributed by atoms with van der Waals surface area (Å²) in [5.41, 5.74) is 4.04. The van der Waals surface area contributed by atoms with Crippen molar-refractivity contribution in [2.75, 3.05) is 6.54 Å². The van der Waals surface area contributed by atoms with Gasteiger partial charge in [-0.2, -0.15) is 0 Å². The molecule has 0 spiro atoms. The number of imidazole rings is 1. The van der Waals surface area contributed by atoms with Crippen molar-refractivity contribution in [2.24, 2.45) is 0 Å². The molecule has 4 heteroatoms. The topological polar surface area (TPSA) is 46.9 Å². The first-order chi connectivity index (χ1) is 11.6. The molecule has 124 valence electrons. The van der Waals surface area contributed by atoms with Crippen molar-refractivity contribution < 1.29 is 4.79 Å². The number of rotatable bonds is 5. The zero-order chi connectivity index (χ0) is 17.1. The van der Waals surface area contributed by atoms with Crippen LogP contribution in [0.15, 0.2) is 48.5 Å². The van der Waals surface area contributed by atoms with Gasteiger partial charge in [0.15, 0.2) is 0 Å². The molecule has 0 aliphatic carbocycles. The van der Waals surface area contributed by atoms with E-state index in [4.69, 9.17) is 0 Å². The van der Waals surface area contributed by atoms with Crippen LogP contribution < -0.4 is 5.32 Å². The Bertz CT molecular complexity index is 847. The molecule has 0 unspecified atom stereocenters. The van der Waals surface area contributed by atoms with Crippen LogP contribution in [0.4, 0.5) is 0 Å². The molecule has 1 amide bonds. The number of aryl methyl sites for hydroxylation is 1. The number of fused-ring (bicyclic) bond motifs is 1. The summed E-state index contributed by atoms with van der Waals surface area (Å²) in [5.74, 6) is 1.40. The van der Waals surface area contributed by atoms with Crippen molar-refractivity contribution in [3.63, 3.8) is 0 Å². The van der Waals surface area contributed by atoms with Crippen molar-refractivity contribution in [2.45, 2.75) is 33.2 Å². The maximum atomic E-state index is 12.3. The number of nitrogens with zero attached hydrogens (tertiary/aromatic N) is 2. The Morgan fingerprint density at radius 2 is 1.83 bits per heavy atom. The van der Waals surface area contributed by atoms with Crippen molar-refractivity contribution in [3.05, 3.63) is 65.5 Å². The van der Waals surface area contributed by atoms with Crippen LogP contribution in [-0.4, -0.2) is 22.0 Å². The normalized spacial score (nSPS) is 11.2. The van der Waals surface area contributed by atoms with Crippen LogP contribution in [0, 0.1) is 6.92 Å². The molecule has 0 aliphatic heterocycles. The highest BCUT2D eigenvalue weighted by atomic mass is 16.1. The first-order valence-electron chi connectivity index (χ1n) is 8.36. The fourth-order valence-corrected chi connectivity index (χ4v) is 2.88. The lowest BCUT2D eigenvalue weighted by Crippen LogP contribution is -2.27. The van der Waals surface area contributed by atoms with Gasteiger partial charge in [0.2, 0.25) is 0 Å². The van der Waals surface area contributed by atoms with Gasteiger partial charge in [0, 0.05) is 18.7 Å². The maximum Gasteiger partial charge on any atom is 0.251 e. The van der Waals surface area contributed by atoms with Gasteiger partial charge >= 0.3 is 0 Å². The Labute approximate surface area is 142 Å². The molecule has 3 aromatic rings. The zero-order valence-electron chi connectivity index (χ0n) is 14.4. The predicted molar refractivity (Wildman–Crippen MR) is 97.3 cm³/mol. The first-order valence-corrected chi connectivity index (χ1v) is 8.36. The molecule has 1 N–H and O–H groups in total. The Balaban J connectivity index is 1.63. The van der Waals surface area contributed by atoms with E-state index in [2.05, 4.69) is 34.8 Å². The summed E-state index contributed by atoms with van der Waals surface area (Å²) in [4.78, 5) is 16.8. The lowest BCUT2D eigenvalue weighted by Gasteiger charge is -2.10. The molecule has 1 heterocycles. The summed E-state index contributed by atoms with van der Waals surface area (Å²) in [6.45, 7) is 7.57. The molecule has 0 fully saturated rings. The molecule has 0 bridgehead atoms. The van der Waals surface area contributed by atoms with Gasteiger partial charge < -0.3 is 9.88 Å². The second-order valence-corrected chi connectivity index (χ2v) is 6.33. The van der Waals surface area contributed by atoms with Crippen molar-refractivity contribution in [1.82, 2.24) is 14.9 Å². The minimum absolute atomic E-state index is 0.0348. The number of carbonyl (C=O) groups is 1. The average Bonchev–Trinajstić information content (AvgIpc) is 2.90. The van der Waals surface area contributed by atoms with Crippen LogP contribution in [0.3, 0.4) is 0 Å². The third-order valence-electron chi connectivity index (χ3n) is 4.31. The van der Waals surface area contributed by atoms with E-state index >= 15 is 0 Å². The summed E-state index contributed by atoms with van der Waals surface area (Å²) in [7, 11) is 0. The summed E-state index contributed by atoms with van der Waals surface area (Å²) in [6, 6.07) is 15.9. The van der Waals surface area contributed by atoms with Crippen LogP contribution in [0.5, 0.6) is 0 Å². The van der Waals surface area contributed by atoms with E-state index in [1.165, 1.54) is 5.56 Å². The van der Waals surface area contributed by atoms with Crippen LogP contribution in [0.25, 0.3) is 11.0 Å². The highest BCUT2D eigenvalue weighted by molar-refractivity contribution is 5.94. The van der Waals surface area contributed by atoms with E-state index in [0.717, 1.165) is 16.9 Å². The molecule has 0 radical (unpaired) electrons. The highest BCUT2D eigenvalue weighted by Crippen LogP contribution is 2.16. The van der Waals surface area contributed by atoms with Gasteiger partial charge in [-0.25, -0.2) is 4.98 Å². The zero-order valence-corrected chi connectivity index (χ0v) is 14.4. The smallest absolute Gasteiger partial charge is 0.251 e. The minimum Gasteiger partial charge on any atom is -0.350 e. The molecule has 2 aromatic carbocycles. The number of aromatic nitrogens is 2. The predicted octanol–water partition coefficient (Wildman–Crippen LogP) is 3.90. The number of carbonyl (C=O) groups excluding carboxylic acids is 1. The first kappa shape index (κ1) is 16.2. The van der Waals surface area contributed by atoms with Crippen LogP contribution in [0.1, 0.15) is 41.5 Å². The molecular formula is C20H23N3O. The minimum atomic E-state index is -0.0348. The molecule has 24 heavy (non-hydrogen) atoms. The van der Waals surface area contributed by atoms with Crippen LogP contribution in [0.2, 0.25) is 0 Å². The van der Waals surface area contributed by atoms with Crippen molar-refractivity contribution in [3.8, 4) is 0 Å². The second-order valence-electron chi connectivity index (χ2n) is 6.33. The van der Waals surface area contributed by atoms with Gasteiger partial charge in [0.1, 0.15) is 5.82 Å². The summed E-state index contributed by atoms with van der Waals surface area (Å²) >= 11 is 0. The molecular weight excluding hydrogens is 298 g/mol. The molecule has 3 rings (SSSR count). The van der Waals surface area contributed by atoms with Crippen molar-refractivity contribution >= 4 is 16.9 Å². The standard InChI is InChI=1S/C20H23N3O/c1-14(2)16-8-10-17(11-9-16)20(24)21-12-13-23-15(3)22-18-6-4-5-7-19(18)23/h4-11,14H,12-13H2,1-3H3,(H,21,24). The number of para-hydroxylation sites is 2. The van der Waals surface area contributed by atoms with Crippen molar-refractivity contribution in [1.29, 1.82) is 0 Å². The third kappa shape index (κ3) is 3.32. The van der Waals surface area contributed by atoms with E-state index in [1.807, 2.05) is 49.4 Å². The summed E-state index contributed by atoms with van der Waals surface area (Å²) in [5, 5.41) is 2.99. The number of benzene rings is 2. The van der Waals surface area contributed by atoms with Crippen LogP contribution >= 0.6 is 0 Å². The lowest BCUT2D eigenvalue weighted by atomic mass is 10.0. The summed E-state index contributed by atoms with van der Waals surface area (Å²) < 4.78 is 2.14. The fraction of sp³-hybridized carbons (Fsp3) is 0.300. The lowest BCUT2D eigenvalue weighted by molar-refractivity contribution is 0.0952. The van der Waals surface area contributed by atoms with Crippen LogP contribution in [-0.2, 0) is 6.54 Å². The SMILES string of the molecule is Cc1nc2ccccc2n1CCNC(=O)c1ccc(C(C)C)cc1. The Morgan fingerprint density at radius 1 is 1.12 bits per heavy atom. The van der Waals surface area contributed by atoms with E-state index in [1.54, 1.807) is 0 Å².